The highest BCUT2D eigenvalue weighted by Gasteiger charge is 2.18. The summed E-state index contributed by atoms with van der Waals surface area (Å²) >= 11 is 0. The highest BCUT2D eigenvalue weighted by atomic mass is 32.2. The zero-order chi connectivity index (χ0) is 21.9. The van der Waals surface area contributed by atoms with Crippen molar-refractivity contribution in [2.24, 2.45) is 0 Å². The van der Waals surface area contributed by atoms with Gasteiger partial charge in [0.2, 0.25) is 0 Å². The first-order valence-corrected chi connectivity index (χ1v) is 10.6. The van der Waals surface area contributed by atoms with Crippen molar-refractivity contribution in [3.05, 3.63) is 94.6 Å². The molecule has 0 bridgehead atoms. The SMILES string of the molecule is Cc1ccc(NS(=O)(=O)c2ccc(C)c(C(=O)NCc3cc(F)ccc3F)c2)cc1. The Balaban J connectivity index is 1.80. The number of carbonyl (C=O) groups excluding carboxylic acids is 1. The quantitative estimate of drug-likeness (QED) is 0.612. The first-order valence-electron chi connectivity index (χ1n) is 9.08. The molecule has 0 fully saturated rings. The number of amides is 1. The Morgan fingerprint density at radius 3 is 2.33 bits per heavy atom. The van der Waals surface area contributed by atoms with E-state index in [9.17, 15) is 22.0 Å². The molecule has 0 saturated carbocycles. The van der Waals surface area contributed by atoms with E-state index in [1.807, 2.05) is 6.92 Å². The van der Waals surface area contributed by atoms with Crippen LogP contribution in [0.1, 0.15) is 27.0 Å². The Hall–Kier alpha value is -3.26. The summed E-state index contributed by atoms with van der Waals surface area (Å²) in [6.07, 6.45) is 0. The third kappa shape index (κ3) is 5.01. The molecule has 0 saturated heterocycles. The number of nitrogens with one attached hydrogen (secondary N) is 2. The highest BCUT2D eigenvalue weighted by Crippen LogP contribution is 2.20. The molecule has 8 heteroatoms. The Morgan fingerprint density at radius 2 is 1.63 bits per heavy atom. The van der Waals surface area contributed by atoms with Gasteiger partial charge in [0.25, 0.3) is 15.9 Å². The van der Waals surface area contributed by atoms with E-state index >= 15 is 0 Å². The van der Waals surface area contributed by atoms with E-state index in [1.165, 1.54) is 18.2 Å². The van der Waals surface area contributed by atoms with Gasteiger partial charge in [-0.1, -0.05) is 23.8 Å². The van der Waals surface area contributed by atoms with Crippen molar-refractivity contribution in [2.75, 3.05) is 4.72 Å². The standard InChI is InChI=1S/C22H20F2N2O3S/c1-14-3-7-18(8-4-14)26-30(28,29)19-9-5-15(2)20(12-19)22(27)25-13-16-11-17(23)6-10-21(16)24/h3-12,26H,13H2,1-2H3,(H,25,27). The van der Waals surface area contributed by atoms with Crippen LogP contribution in [0.5, 0.6) is 0 Å². The third-order valence-electron chi connectivity index (χ3n) is 4.51. The number of anilines is 1. The number of halogens is 2. The molecule has 0 aliphatic carbocycles. The first kappa shape index (κ1) is 21.4. The molecule has 2 N–H and O–H groups in total. The van der Waals surface area contributed by atoms with Gasteiger partial charge in [0.05, 0.1) is 4.90 Å². The predicted molar refractivity (Wildman–Crippen MR) is 111 cm³/mol. The smallest absolute Gasteiger partial charge is 0.261 e. The third-order valence-corrected chi connectivity index (χ3v) is 5.89. The van der Waals surface area contributed by atoms with Crippen LogP contribution in [-0.4, -0.2) is 14.3 Å². The summed E-state index contributed by atoms with van der Waals surface area (Å²) in [5.74, 6) is -1.86. The molecule has 0 aliphatic heterocycles. The Morgan fingerprint density at radius 1 is 0.933 bits per heavy atom. The molecule has 0 aliphatic rings. The van der Waals surface area contributed by atoms with Crippen LogP contribution in [0.15, 0.2) is 65.6 Å². The number of sulfonamides is 1. The molecule has 0 spiro atoms. The number of hydrogen-bond donors (Lipinski definition) is 2. The molecule has 5 nitrogen and oxygen atoms in total. The van der Waals surface area contributed by atoms with E-state index in [2.05, 4.69) is 10.0 Å². The fourth-order valence-corrected chi connectivity index (χ4v) is 3.88. The molecule has 156 valence electrons. The molecule has 3 aromatic carbocycles. The van der Waals surface area contributed by atoms with Crippen molar-refractivity contribution in [3.8, 4) is 0 Å². The lowest BCUT2D eigenvalue weighted by Gasteiger charge is -2.12. The minimum Gasteiger partial charge on any atom is -0.348 e. The van der Waals surface area contributed by atoms with Crippen LogP contribution in [0.3, 0.4) is 0 Å². The number of hydrogen-bond acceptors (Lipinski definition) is 3. The van der Waals surface area contributed by atoms with E-state index in [-0.39, 0.29) is 22.6 Å². The summed E-state index contributed by atoms with van der Waals surface area (Å²) in [4.78, 5) is 12.5. The summed E-state index contributed by atoms with van der Waals surface area (Å²) in [6, 6.07) is 14.0. The van der Waals surface area contributed by atoms with Crippen molar-refractivity contribution >= 4 is 21.6 Å². The van der Waals surface area contributed by atoms with Crippen LogP contribution >= 0.6 is 0 Å². The van der Waals surface area contributed by atoms with Crippen molar-refractivity contribution in [2.45, 2.75) is 25.3 Å². The average molecular weight is 430 g/mol. The zero-order valence-electron chi connectivity index (χ0n) is 16.4. The lowest BCUT2D eigenvalue weighted by atomic mass is 10.1. The molecular weight excluding hydrogens is 410 g/mol. The molecule has 30 heavy (non-hydrogen) atoms. The van der Waals surface area contributed by atoms with Gasteiger partial charge in [-0.05, 0) is 61.9 Å². The lowest BCUT2D eigenvalue weighted by molar-refractivity contribution is 0.0949. The van der Waals surface area contributed by atoms with Gasteiger partial charge in [-0.2, -0.15) is 0 Å². The summed E-state index contributed by atoms with van der Waals surface area (Å²) in [7, 11) is -3.92. The van der Waals surface area contributed by atoms with E-state index in [0.29, 0.717) is 11.3 Å². The van der Waals surface area contributed by atoms with E-state index in [0.717, 1.165) is 23.8 Å². The van der Waals surface area contributed by atoms with Crippen LogP contribution in [0, 0.1) is 25.5 Å². The minimum absolute atomic E-state index is 0.00850. The van der Waals surface area contributed by atoms with Crippen molar-refractivity contribution in [1.29, 1.82) is 0 Å². The van der Waals surface area contributed by atoms with Gasteiger partial charge in [-0.15, -0.1) is 0 Å². The summed E-state index contributed by atoms with van der Waals surface area (Å²) < 4.78 is 54.9. The molecule has 0 heterocycles. The van der Waals surface area contributed by atoms with Gasteiger partial charge in [-0.25, -0.2) is 17.2 Å². The maximum absolute atomic E-state index is 13.7. The topological polar surface area (TPSA) is 75.3 Å². The van der Waals surface area contributed by atoms with Crippen molar-refractivity contribution < 1.29 is 22.0 Å². The summed E-state index contributed by atoms with van der Waals surface area (Å²) in [5, 5.41) is 2.50. The van der Waals surface area contributed by atoms with E-state index in [1.54, 1.807) is 31.2 Å². The van der Waals surface area contributed by atoms with Gasteiger partial charge in [0.1, 0.15) is 11.6 Å². The molecule has 0 atom stereocenters. The fourth-order valence-electron chi connectivity index (χ4n) is 2.80. The fraction of sp³-hybridized carbons (Fsp3) is 0.136. The zero-order valence-corrected chi connectivity index (χ0v) is 17.2. The largest absolute Gasteiger partial charge is 0.348 e. The highest BCUT2D eigenvalue weighted by molar-refractivity contribution is 7.92. The van der Waals surface area contributed by atoms with E-state index in [4.69, 9.17) is 0 Å². The number of benzene rings is 3. The van der Waals surface area contributed by atoms with Gasteiger partial charge in [0.15, 0.2) is 0 Å². The Labute approximate surface area is 173 Å². The molecule has 0 unspecified atom stereocenters. The molecule has 3 aromatic rings. The van der Waals surface area contributed by atoms with Gasteiger partial charge in [-0.3, -0.25) is 9.52 Å². The van der Waals surface area contributed by atoms with Crippen LogP contribution < -0.4 is 10.0 Å². The number of carbonyl (C=O) groups is 1. The summed E-state index contributed by atoms with van der Waals surface area (Å²) in [6.45, 7) is 3.31. The lowest BCUT2D eigenvalue weighted by Crippen LogP contribution is -2.25. The second-order valence-electron chi connectivity index (χ2n) is 6.87. The van der Waals surface area contributed by atoms with Crippen molar-refractivity contribution in [3.63, 3.8) is 0 Å². The van der Waals surface area contributed by atoms with Crippen LogP contribution in [0.25, 0.3) is 0 Å². The molecule has 0 radical (unpaired) electrons. The second-order valence-corrected chi connectivity index (χ2v) is 8.55. The van der Waals surface area contributed by atoms with Gasteiger partial charge in [0, 0.05) is 23.4 Å². The maximum Gasteiger partial charge on any atom is 0.261 e. The molecule has 1 amide bonds. The van der Waals surface area contributed by atoms with Gasteiger partial charge < -0.3 is 5.32 Å². The van der Waals surface area contributed by atoms with E-state index < -0.39 is 27.6 Å². The van der Waals surface area contributed by atoms with Crippen molar-refractivity contribution in [1.82, 2.24) is 5.32 Å². The monoisotopic (exact) mass is 430 g/mol. The Kier molecular flexibility index (Phi) is 6.17. The normalized spacial score (nSPS) is 11.2. The maximum atomic E-state index is 13.7. The van der Waals surface area contributed by atoms with Gasteiger partial charge >= 0.3 is 0 Å². The first-order chi connectivity index (χ1) is 14.2. The molecule has 0 aromatic heterocycles. The minimum atomic E-state index is -3.92. The van der Waals surface area contributed by atoms with Crippen LogP contribution in [0.4, 0.5) is 14.5 Å². The molecule has 3 rings (SSSR count). The van der Waals surface area contributed by atoms with Crippen LogP contribution in [-0.2, 0) is 16.6 Å². The van der Waals surface area contributed by atoms with Crippen LogP contribution in [0.2, 0.25) is 0 Å². The summed E-state index contributed by atoms with van der Waals surface area (Å²) in [5.41, 5.74) is 2.04. The average Bonchev–Trinajstić information content (AvgIpc) is 2.70. The Bertz CT molecular complexity index is 1190. The molecular formula is C22H20F2N2O3S. The second kappa shape index (κ2) is 8.62. The number of aryl methyl sites for hydroxylation is 2. The predicted octanol–water partition coefficient (Wildman–Crippen LogP) is 4.31. The number of rotatable bonds is 6.